The number of benzene rings is 1. The van der Waals surface area contributed by atoms with Crippen molar-refractivity contribution in [3.8, 4) is 0 Å². The molecule has 1 saturated carbocycles. The first-order valence-corrected chi connectivity index (χ1v) is 7.81. The van der Waals surface area contributed by atoms with Gasteiger partial charge in [0, 0.05) is 22.3 Å². The average Bonchev–Trinajstić information content (AvgIpc) is 2.98. The summed E-state index contributed by atoms with van der Waals surface area (Å²) in [4.78, 5) is 23.7. The van der Waals surface area contributed by atoms with Gasteiger partial charge in [-0.2, -0.15) is 5.10 Å². The van der Waals surface area contributed by atoms with E-state index in [0.29, 0.717) is 22.3 Å². The molecule has 2 amide bonds. The van der Waals surface area contributed by atoms with Crippen molar-refractivity contribution in [2.75, 3.05) is 0 Å². The van der Waals surface area contributed by atoms with Crippen LogP contribution in [0.4, 0.5) is 0 Å². The number of rotatable bonds is 5. The van der Waals surface area contributed by atoms with Crippen LogP contribution in [0.15, 0.2) is 29.4 Å². The zero-order chi connectivity index (χ0) is 15.9. The molecular formula is C16H20ClN3O2. The van der Waals surface area contributed by atoms with Gasteiger partial charge < -0.3 is 5.32 Å². The third kappa shape index (κ3) is 5.15. The minimum Gasteiger partial charge on any atom is -0.353 e. The molecule has 0 atom stereocenters. The largest absolute Gasteiger partial charge is 0.353 e. The highest BCUT2D eigenvalue weighted by Crippen LogP contribution is 2.17. The molecule has 1 aromatic rings. The molecule has 1 aliphatic rings. The van der Waals surface area contributed by atoms with Crippen LogP contribution in [-0.4, -0.2) is 23.6 Å². The summed E-state index contributed by atoms with van der Waals surface area (Å²) < 4.78 is 0. The first kappa shape index (κ1) is 16.5. The van der Waals surface area contributed by atoms with Gasteiger partial charge in [0.05, 0.1) is 6.42 Å². The molecule has 0 unspecified atom stereocenters. The molecule has 0 radical (unpaired) electrons. The molecule has 0 aromatic heterocycles. The van der Waals surface area contributed by atoms with Crippen LogP contribution in [0.5, 0.6) is 0 Å². The quantitative estimate of drug-likeness (QED) is 0.646. The van der Waals surface area contributed by atoms with E-state index in [1.807, 2.05) is 0 Å². The lowest BCUT2D eigenvalue weighted by Crippen LogP contribution is -2.33. The van der Waals surface area contributed by atoms with Gasteiger partial charge in [0.15, 0.2) is 0 Å². The van der Waals surface area contributed by atoms with Gasteiger partial charge in [-0.15, -0.1) is 0 Å². The Labute approximate surface area is 135 Å². The van der Waals surface area contributed by atoms with Gasteiger partial charge in [-0.25, -0.2) is 5.43 Å². The van der Waals surface area contributed by atoms with Crippen molar-refractivity contribution >= 4 is 29.1 Å². The van der Waals surface area contributed by atoms with Crippen molar-refractivity contribution in [2.24, 2.45) is 5.10 Å². The fraction of sp³-hybridized carbons (Fsp3) is 0.438. The van der Waals surface area contributed by atoms with Crippen molar-refractivity contribution in [1.29, 1.82) is 0 Å². The second-order valence-corrected chi connectivity index (χ2v) is 5.96. The van der Waals surface area contributed by atoms with Gasteiger partial charge in [0.25, 0.3) is 5.91 Å². The maximum Gasteiger partial charge on any atom is 0.271 e. The lowest BCUT2D eigenvalue weighted by Gasteiger charge is -2.11. The highest BCUT2D eigenvalue weighted by Gasteiger charge is 2.17. The fourth-order valence-electron chi connectivity index (χ4n) is 2.43. The molecule has 6 heteroatoms. The Kier molecular flexibility index (Phi) is 5.95. The van der Waals surface area contributed by atoms with Gasteiger partial charge >= 0.3 is 0 Å². The van der Waals surface area contributed by atoms with E-state index in [1.54, 1.807) is 31.2 Å². The Morgan fingerprint density at radius 1 is 1.23 bits per heavy atom. The standard InChI is InChI=1S/C16H20ClN3O2/c1-11(10-15(21)18-14-4-2-3-5-14)19-20-16(22)12-6-8-13(17)9-7-12/h6-9,14H,2-5,10H2,1H3,(H,18,21)(H,20,22)/b19-11+. The number of carbonyl (C=O) groups excluding carboxylic acids is 2. The summed E-state index contributed by atoms with van der Waals surface area (Å²) in [6.45, 7) is 1.72. The zero-order valence-corrected chi connectivity index (χ0v) is 13.3. The predicted octanol–water partition coefficient (Wildman–Crippen LogP) is 2.89. The van der Waals surface area contributed by atoms with Crippen LogP contribution in [0.2, 0.25) is 5.02 Å². The number of nitrogens with one attached hydrogen (secondary N) is 2. The van der Waals surface area contributed by atoms with E-state index in [1.165, 1.54) is 12.8 Å². The van der Waals surface area contributed by atoms with Crippen molar-refractivity contribution in [1.82, 2.24) is 10.7 Å². The van der Waals surface area contributed by atoms with Crippen molar-refractivity contribution in [3.05, 3.63) is 34.9 Å². The Bertz CT molecular complexity index is 563. The first-order chi connectivity index (χ1) is 10.5. The summed E-state index contributed by atoms with van der Waals surface area (Å²) in [5, 5.41) is 7.52. The summed E-state index contributed by atoms with van der Waals surface area (Å²) in [6, 6.07) is 6.82. The topological polar surface area (TPSA) is 70.6 Å². The van der Waals surface area contributed by atoms with E-state index in [0.717, 1.165) is 12.8 Å². The molecule has 1 aromatic carbocycles. The van der Waals surface area contributed by atoms with Crippen LogP contribution in [0, 0.1) is 0 Å². The predicted molar refractivity (Wildman–Crippen MR) is 87.0 cm³/mol. The number of nitrogens with zero attached hydrogens (tertiary/aromatic N) is 1. The number of hydrogen-bond acceptors (Lipinski definition) is 3. The number of hydrogen-bond donors (Lipinski definition) is 2. The zero-order valence-electron chi connectivity index (χ0n) is 12.6. The lowest BCUT2D eigenvalue weighted by molar-refractivity contribution is -0.120. The molecule has 0 aliphatic heterocycles. The second kappa shape index (κ2) is 7.94. The lowest BCUT2D eigenvalue weighted by atomic mass is 10.2. The van der Waals surface area contributed by atoms with Crippen LogP contribution >= 0.6 is 11.6 Å². The van der Waals surface area contributed by atoms with Crippen LogP contribution in [-0.2, 0) is 4.79 Å². The Morgan fingerprint density at radius 2 is 1.86 bits per heavy atom. The van der Waals surface area contributed by atoms with E-state index < -0.39 is 0 Å². The molecule has 118 valence electrons. The third-order valence-corrected chi connectivity index (χ3v) is 3.84. The maximum atomic E-state index is 11.9. The molecule has 5 nitrogen and oxygen atoms in total. The Hall–Kier alpha value is -1.88. The number of hydrazone groups is 1. The van der Waals surface area contributed by atoms with Crippen molar-refractivity contribution in [3.63, 3.8) is 0 Å². The van der Waals surface area contributed by atoms with E-state index in [4.69, 9.17) is 11.6 Å². The highest BCUT2D eigenvalue weighted by atomic mass is 35.5. The summed E-state index contributed by atoms with van der Waals surface area (Å²) in [6.07, 6.45) is 4.65. The SMILES string of the molecule is C/C(CC(=O)NC1CCCC1)=N\NC(=O)c1ccc(Cl)cc1. The van der Waals surface area contributed by atoms with Gasteiger partial charge in [-0.3, -0.25) is 9.59 Å². The average molecular weight is 322 g/mol. The van der Waals surface area contributed by atoms with Gasteiger partial charge in [0.2, 0.25) is 5.91 Å². The molecular weight excluding hydrogens is 302 g/mol. The summed E-state index contributed by atoms with van der Waals surface area (Å²) >= 11 is 5.77. The number of carbonyl (C=O) groups is 2. The van der Waals surface area contributed by atoms with Gasteiger partial charge in [-0.1, -0.05) is 24.4 Å². The van der Waals surface area contributed by atoms with E-state index in [-0.39, 0.29) is 18.2 Å². The maximum absolute atomic E-state index is 11.9. The van der Waals surface area contributed by atoms with E-state index >= 15 is 0 Å². The monoisotopic (exact) mass is 321 g/mol. The molecule has 1 fully saturated rings. The molecule has 0 saturated heterocycles. The van der Waals surface area contributed by atoms with E-state index in [2.05, 4.69) is 15.8 Å². The normalized spacial score (nSPS) is 15.6. The summed E-state index contributed by atoms with van der Waals surface area (Å²) in [7, 11) is 0. The smallest absolute Gasteiger partial charge is 0.271 e. The fourth-order valence-corrected chi connectivity index (χ4v) is 2.56. The number of halogens is 1. The van der Waals surface area contributed by atoms with Crippen molar-refractivity contribution in [2.45, 2.75) is 45.1 Å². The number of amides is 2. The van der Waals surface area contributed by atoms with Crippen molar-refractivity contribution < 1.29 is 9.59 Å². The summed E-state index contributed by atoms with van der Waals surface area (Å²) in [5.41, 5.74) is 3.48. The molecule has 0 spiro atoms. The van der Waals surface area contributed by atoms with Crippen LogP contribution < -0.4 is 10.7 Å². The van der Waals surface area contributed by atoms with Gasteiger partial charge in [0.1, 0.15) is 0 Å². The minimum atomic E-state index is -0.327. The Balaban J connectivity index is 1.80. The van der Waals surface area contributed by atoms with Crippen LogP contribution in [0.3, 0.4) is 0 Å². The third-order valence-electron chi connectivity index (χ3n) is 3.59. The molecule has 2 N–H and O–H groups in total. The highest BCUT2D eigenvalue weighted by molar-refractivity contribution is 6.30. The van der Waals surface area contributed by atoms with Crippen LogP contribution in [0.1, 0.15) is 49.4 Å². The summed E-state index contributed by atoms with van der Waals surface area (Å²) in [5.74, 6) is -0.374. The van der Waals surface area contributed by atoms with Gasteiger partial charge in [-0.05, 0) is 44.0 Å². The molecule has 0 heterocycles. The molecule has 1 aliphatic carbocycles. The molecule has 0 bridgehead atoms. The minimum absolute atomic E-state index is 0.0473. The second-order valence-electron chi connectivity index (χ2n) is 5.52. The van der Waals surface area contributed by atoms with Crippen LogP contribution in [0.25, 0.3) is 0 Å². The molecule has 2 rings (SSSR count). The Morgan fingerprint density at radius 3 is 2.50 bits per heavy atom. The van der Waals surface area contributed by atoms with E-state index in [9.17, 15) is 9.59 Å². The first-order valence-electron chi connectivity index (χ1n) is 7.43. The molecule has 22 heavy (non-hydrogen) atoms.